The van der Waals surface area contributed by atoms with Crippen LogP contribution in [0.3, 0.4) is 0 Å². The largest absolute Gasteiger partial charge is 0.357 e. The van der Waals surface area contributed by atoms with E-state index in [4.69, 9.17) is 4.99 Å². The monoisotopic (exact) mass is 370 g/mol. The van der Waals surface area contributed by atoms with Gasteiger partial charge in [-0.15, -0.1) is 0 Å². The number of imidazole rings is 1. The molecule has 7 nitrogen and oxygen atoms in total. The molecular formula is C20H30N6O. The average Bonchev–Trinajstić information content (AvgIpc) is 2.99. The molecule has 0 aliphatic carbocycles. The number of carbonyl (C=O) groups is 1. The second kappa shape index (κ2) is 8.88. The first-order valence-electron chi connectivity index (χ1n) is 9.80. The van der Waals surface area contributed by atoms with E-state index in [1.54, 1.807) is 6.92 Å². The highest BCUT2D eigenvalue weighted by Gasteiger charge is 2.20. The summed E-state index contributed by atoms with van der Waals surface area (Å²) in [5, 5.41) is 3.38. The number of nitrogens with one attached hydrogen (secondary N) is 1. The molecule has 0 spiro atoms. The Bertz CT molecular complexity index is 804. The summed E-state index contributed by atoms with van der Waals surface area (Å²) in [5.74, 6) is 2.15. The summed E-state index contributed by atoms with van der Waals surface area (Å²) in [7, 11) is 0. The summed E-state index contributed by atoms with van der Waals surface area (Å²) >= 11 is 0. The van der Waals surface area contributed by atoms with Gasteiger partial charge in [0.05, 0.1) is 11.0 Å². The van der Waals surface area contributed by atoms with Crippen molar-refractivity contribution in [1.29, 1.82) is 0 Å². The van der Waals surface area contributed by atoms with Crippen LogP contribution in [-0.2, 0) is 11.3 Å². The average molecular weight is 371 g/mol. The van der Waals surface area contributed by atoms with E-state index in [-0.39, 0.29) is 5.91 Å². The first-order chi connectivity index (χ1) is 13.1. The molecule has 0 bridgehead atoms. The van der Waals surface area contributed by atoms with Gasteiger partial charge >= 0.3 is 0 Å². The second-order valence-corrected chi connectivity index (χ2v) is 6.88. The number of hydrogen-bond acceptors (Lipinski definition) is 3. The molecule has 146 valence electrons. The van der Waals surface area contributed by atoms with E-state index in [1.807, 2.05) is 11.0 Å². The lowest BCUT2D eigenvalue weighted by Crippen LogP contribution is -2.53. The zero-order valence-electron chi connectivity index (χ0n) is 16.6. The van der Waals surface area contributed by atoms with Crippen LogP contribution in [0.2, 0.25) is 0 Å². The lowest BCUT2D eigenvalue weighted by Gasteiger charge is -2.36. The van der Waals surface area contributed by atoms with Gasteiger partial charge in [0.25, 0.3) is 0 Å². The van der Waals surface area contributed by atoms with Crippen molar-refractivity contribution in [3.63, 3.8) is 0 Å². The summed E-state index contributed by atoms with van der Waals surface area (Å²) in [4.78, 5) is 25.1. The van der Waals surface area contributed by atoms with E-state index in [0.717, 1.165) is 69.5 Å². The van der Waals surface area contributed by atoms with Crippen LogP contribution in [-0.4, -0.2) is 70.5 Å². The molecule has 1 amide bonds. The number of aromatic nitrogens is 2. The van der Waals surface area contributed by atoms with E-state index in [9.17, 15) is 4.79 Å². The molecule has 0 unspecified atom stereocenters. The van der Waals surface area contributed by atoms with Crippen LogP contribution in [0, 0.1) is 6.92 Å². The number of para-hydroxylation sites is 2. The predicted molar refractivity (Wildman–Crippen MR) is 109 cm³/mol. The van der Waals surface area contributed by atoms with E-state index < -0.39 is 0 Å². The van der Waals surface area contributed by atoms with Crippen LogP contribution >= 0.6 is 0 Å². The smallest absolute Gasteiger partial charge is 0.219 e. The van der Waals surface area contributed by atoms with Crippen molar-refractivity contribution in [2.75, 3.05) is 39.3 Å². The Labute approximate surface area is 161 Å². The van der Waals surface area contributed by atoms with E-state index >= 15 is 0 Å². The summed E-state index contributed by atoms with van der Waals surface area (Å²) in [6.07, 6.45) is 0.962. The summed E-state index contributed by atoms with van der Waals surface area (Å²) in [6, 6.07) is 8.26. The predicted octanol–water partition coefficient (Wildman–Crippen LogP) is 1.86. The molecule has 1 aromatic carbocycles. The number of guanidine groups is 1. The number of rotatable bonds is 5. The SMILES string of the molecule is CCNC(=NCCCn1c(C)nc2ccccc21)N1CCN(C(C)=O)CC1. The van der Waals surface area contributed by atoms with Crippen molar-refractivity contribution in [3.8, 4) is 0 Å². The zero-order valence-corrected chi connectivity index (χ0v) is 16.6. The molecule has 7 heteroatoms. The fourth-order valence-corrected chi connectivity index (χ4v) is 3.55. The maximum atomic E-state index is 11.5. The van der Waals surface area contributed by atoms with Crippen molar-refractivity contribution in [2.45, 2.75) is 33.7 Å². The molecule has 3 rings (SSSR count). The number of fused-ring (bicyclic) bond motifs is 1. The number of benzene rings is 1. The molecule has 1 aromatic heterocycles. The first-order valence-corrected chi connectivity index (χ1v) is 9.80. The fourth-order valence-electron chi connectivity index (χ4n) is 3.55. The van der Waals surface area contributed by atoms with E-state index in [2.05, 4.69) is 51.8 Å². The Morgan fingerprint density at radius 1 is 1.19 bits per heavy atom. The molecule has 2 aromatic rings. The fraction of sp³-hybridized carbons (Fsp3) is 0.550. The first kappa shape index (κ1) is 19.2. The van der Waals surface area contributed by atoms with Gasteiger partial charge in [-0.05, 0) is 32.4 Å². The Morgan fingerprint density at radius 3 is 2.59 bits per heavy atom. The van der Waals surface area contributed by atoms with Crippen molar-refractivity contribution < 1.29 is 4.79 Å². The Hall–Kier alpha value is -2.57. The van der Waals surface area contributed by atoms with Crippen molar-refractivity contribution in [1.82, 2.24) is 24.7 Å². The van der Waals surface area contributed by atoms with Gasteiger partial charge < -0.3 is 19.7 Å². The minimum Gasteiger partial charge on any atom is -0.357 e. The van der Waals surface area contributed by atoms with Gasteiger partial charge in [0.15, 0.2) is 5.96 Å². The van der Waals surface area contributed by atoms with Gasteiger partial charge in [0.1, 0.15) is 5.82 Å². The number of hydrogen-bond donors (Lipinski definition) is 1. The Kier molecular flexibility index (Phi) is 6.32. The summed E-state index contributed by atoms with van der Waals surface area (Å²) in [5.41, 5.74) is 2.24. The number of aliphatic imine (C=N–C) groups is 1. The lowest BCUT2D eigenvalue weighted by molar-refractivity contribution is -0.130. The second-order valence-electron chi connectivity index (χ2n) is 6.88. The van der Waals surface area contributed by atoms with Crippen molar-refractivity contribution >= 4 is 22.9 Å². The van der Waals surface area contributed by atoms with Gasteiger partial charge in [0.2, 0.25) is 5.91 Å². The molecule has 0 saturated carbocycles. The molecule has 1 aliphatic heterocycles. The number of aryl methyl sites for hydroxylation is 2. The number of amides is 1. The molecule has 2 heterocycles. The van der Waals surface area contributed by atoms with Gasteiger partial charge in [-0.1, -0.05) is 12.1 Å². The third kappa shape index (κ3) is 4.59. The third-order valence-corrected chi connectivity index (χ3v) is 5.01. The van der Waals surface area contributed by atoms with Gasteiger partial charge in [-0.2, -0.15) is 0 Å². The number of nitrogens with zero attached hydrogens (tertiary/aromatic N) is 5. The molecule has 1 N–H and O–H groups in total. The lowest BCUT2D eigenvalue weighted by atomic mass is 10.3. The van der Waals surface area contributed by atoms with Crippen LogP contribution < -0.4 is 5.32 Å². The molecule has 0 atom stereocenters. The summed E-state index contributed by atoms with van der Waals surface area (Å²) in [6.45, 7) is 11.5. The maximum absolute atomic E-state index is 11.5. The Morgan fingerprint density at radius 2 is 1.89 bits per heavy atom. The quantitative estimate of drug-likeness (QED) is 0.496. The summed E-state index contributed by atoms with van der Waals surface area (Å²) < 4.78 is 2.27. The zero-order chi connectivity index (χ0) is 19.2. The molecule has 0 radical (unpaired) electrons. The van der Waals surface area contributed by atoms with Crippen LogP contribution in [0.1, 0.15) is 26.1 Å². The van der Waals surface area contributed by atoms with Crippen LogP contribution in [0.4, 0.5) is 0 Å². The highest BCUT2D eigenvalue weighted by atomic mass is 16.2. The van der Waals surface area contributed by atoms with Crippen molar-refractivity contribution in [3.05, 3.63) is 30.1 Å². The van der Waals surface area contributed by atoms with Gasteiger partial charge in [0, 0.05) is 52.7 Å². The van der Waals surface area contributed by atoms with Crippen LogP contribution in [0.25, 0.3) is 11.0 Å². The van der Waals surface area contributed by atoms with Gasteiger partial charge in [-0.3, -0.25) is 9.79 Å². The molecule has 1 fully saturated rings. The molecular weight excluding hydrogens is 340 g/mol. The third-order valence-electron chi connectivity index (χ3n) is 5.01. The number of piperazine rings is 1. The normalized spacial score (nSPS) is 15.4. The van der Waals surface area contributed by atoms with E-state index in [1.165, 1.54) is 5.52 Å². The maximum Gasteiger partial charge on any atom is 0.219 e. The minimum absolute atomic E-state index is 0.152. The highest BCUT2D eigenvalue weighted by Crippen LogP contribution is 2.15. The van der Waals surface area contributed by atoms with Crippen LogP contribution in [0.5, 0.6) is 0 Å². The molecule has 1 aliphatic rings. The highest BCUT2D eigenvalue weighted by molar-refractivity contribution is 5.80. The van der Waals surface area contributed by atoms with Crippen LogP contribution in [0.15, 0.2) is 29.3 Å². The molecule has 27 heavy (non-hydrogen) atoms. The Balaban J connectivity index is 1.57. The van der Waals surface area contributed by atoms with Crippen molar-refractivity contribution in [2.24, 2.45) is 4.99 Å². The van der Waals surface area contributed by atoms with Gasteiger partial charge in [-0.25, -0.2) is 4.98 Å². The minimum atomic E-state index is 0.152. The van der Waals surface area contributed by atoms with E-state index in [0.29, 0.717) is 0 Å². The topological polar surface area (TPSA) is 65.8 Å². The number of carbonyl (C=O) groups excluding carboxylic acids is 1. The molecule has 1 saturated heterocycles. The standard InChI is InChI=1S/C20H30N6O/c1-4-21-20(25-14-12-24(13-15-25)17(3)27)22-10-7-11-26-16(2)23-18-8-5-6-9-19(18)26/h5-6,8-9H,4,7,10-15H2,1-3H3,(H,21,22).